The zero-order valence-corrected chi connectivity index (χ0v) is 18.9. The fourth-order valence-electron chi connectivity index (χ4n) is 4.80. The molecule has 0 bridgehead atoms. The second kappa shape index (κ2) is 8.46. The van der Waals surface area contributed by atoms with Gasteiger partial charge >= 0.3 is 0 Å². The summed E-state index contributed by atoms with van der Waals surface area (Å²) in [6.07, 6.45) is 4.65. The molecular weight excluding hydrogens is 387 g/mol. The molecule has 31 heavy (non-hydrogen) atoms. The van der Waals surface area contributed by atoms with Crippen molar-refractivity contribution in [3.8, 4) is 0 Å². The molecule has 4 nitrogen and oxygen atoms in total. The minimum Gasteiger partial charge on any atom is -0.373 e. The number of hydrogen-bond donors (Lipinski definition) is 0. The second-order valence-corrected chi connectivity index (χ2v) is 9.56. The van der Waals surface area contributed by atoms with Gasteiger partial charge in [-0.1, -0.05) is 39.1 Å². The van der Waals surface area contributed by atoms with Crippen molar-refractivity contribution in [2.45, 2.75) is 38.6 Å². The Morgan fingerprint density at radius 2 is 1.97 bits per heavy atom. The van der Waals surface area contributed by atoms with Crippen LogP contribution in [0.2, 0.25) is 0 Å². The van der Waals surface area contributed by atoms with Crippen LogP contribution in [0.25, 0.3) is 0 Å². The third-order valence-electron chi connectivity index (χ3n) is 6.52. The number of pyridine rings is 1. The predicted molar refractivity (Wildman–Crippen MR) is 126 cm³/mol. The Hall–Kier alpha value is -2.66. The number of halogens is 1. The van der Waals surface area contributed by atoms with Crippen LogP contribution in [0.3, 0.4) is 0 Å². The molecule has 2 aliphatic rings. The van der Waals surface area contributed by atoms with Crippen LogP contribution in [0, 0.1) is 5.82 Å². The monoisotopic (exact) mass is 420 g/mol. The lowest BCUT2D eigenvalue weighted by Gasteiger charge is -2.40. The third-order valence-corrected chi connectivity index (χ3v) is 6.52. The van der Waals surface area contributed by atoms with Crippen molar-refractivity contribution in [1.82, 2.24) is 14.8 Å². The molecule has 3 heterocycles. The van der Waals surface area contributed by atoms with Crippen LogP contribution in [0.5, 0.6) is 0 Å². The first-order valence-electron chi connectivity index (χ1n) is 11.1. The SMILES string of the molecule is C=CN1CCN(CC(=C)N2CC(C)(C)c3ncc(Cc4ccc(F)cc4)cc32)CC1C. The first-order chi connectivity index (χ1) is 14.8. The van der Waals surface area contributed by atoms with Crippen molar-refractivity contribution in [2.24, 2.45) is 0 Å². The first-order valence-corrected chi connectivity index (χ1v) is 11.1. The first kappa shape index (κ1) is 21.6. The van der Waals surface area contributed by atoms with Crippen LogP contribution >= 0.6 is 0 Å². The van der Waals surface area contributed by atoms with Crippen LogP contribution < -0.4 is 4.90 Å². The fourth-order valence-corrected chi connectivity index (χ4v) is 4.80. The van der Waals surface area contributed by atoms with Crippen molar-refractivity contribution in [3.63, 3.8) is 0 Å². The van der Waals surface area contributed by atoms with Crippen LogP contribution in [0.4, 0.5) is 10.1 Å². The molecule has 1 atom stereocenters. The van der Waals surface area contributed by atoms with E-state index in [0.717, 1.165) is 67.3 Å². The van der Waals surface area contributed by atoms with E-state index in [1.54, 1.807) is 0 Å². The molecule has 5 heteroatoms. The van der Waals surface area contributed by atoms with Crippen LogP contribution in [-0.2, 0) is 11.8 Å². The summed E-state index contributed by atoms with van der Waals surface area (Å²) in [5, 5.41) is 0. The van der Waals surface area contributed by atoms with Crippen molar-refractivity contribution >= 4 is 5.69 Å². The lowest BCUT2D eigenvalue weighted by molar-refractivity contribution is 0.129. The van der Waals surface area contributed by atoms with Gasteiger partial charge in [-0.25, -0.2) is 4.39 Å². The highest BCUT2D eigenvalue weighted by atomic mass is 19.1. The molecule has 0 radical (unpaired) electrons. The molecule has 1 unspecified atom stereocenters. The molecular formula is C26H33FN4. The maximum absolute atomic E-state index is 13.2. The minimum atomic E-state index is -0.205. The molecule has 1 fully saturated rings. The maximum Gasteiger partial charge on any atom is 0.123 e. The summed E-state index contributed by atoms with van der Waals surface area (Å²) in [5.74, 6) is -0.205. The number of piperazine rings is 1. The Balaban J connectivity index is 1.52. The van der Waals surface area contributed by atoms with E-state index in [9.17, 15) is 4.39 Å². The highest BCUT2D eigenvalue weighted by Crippen LogP contribution is 2.41. The molecule has 0 spiro atoms. The Morgan fingerprint density at radius 3 is 2.65 bits per heavy atom. The molecule has 0 amide bonds. The number of benzene rings is 1. The number of aromatic nitrogens is 1. The quantitative estimate of drug-likeness (QED) is 0.683. The van der Waals surface area contributed by atoms with Crippen molar-refractivity contribution in [1.29, 1.82) is 0 Å². The molecule has 164 valence electrons. The Bertz CT molecular complexity index is 966. The Kier molecular flexibility index (Phi) is 5.89. The number of fused-ring (bicyclic) bond motifs is 1. The maximum atomic E-state index is 13.2. The number of rotatable bonds is 6. The largest absolute Gasteiger partial charge is 0.373 e. The molecule has 0 N–H and O–H groups in total. The minimum absolute atomic E-state index is 0.0263. The van der Waals surface area contributed by atoms with Crippen LogP contribution in [0.15, 0.2) is 61.6 Å². The molecule has 1 aromatic carbocycles. The summed E-state index contributed by atoms with van der Waals surface area (Å²) >= 11 is 0. The van der Waals surface area contributed by atoms with E-state index >= 15 is 0 Å². The summed E-state index contributed by atoms with van der Waals surface area (Å²) in [6, 6.07) is 9.41. The van der Waals surface area contributed by atoms with Crippen LogP contribution in [0.1, 0.15) is 37.6 Å². The van der Waals surface area contributed by atoms with Gasteiger partial charge in [-0.2, -0.15) is 0 Å². The number of nitrogens with zero attached hydrogens (tertiary/aromatic N) is 4. The molecule has 2 aliphatic heterocycles. The van der Waals surface area contributed by atoms with E-state index in [1.807, 2.05) is 24.5 Å². The standard InChI is InChI=1S/C26H33FN4/c1-6-30-12-11-29(16-19(30)2)17-20(3)31-18-26(4,5)25-24(31)14-22(15-28-25)13-21-7-9-23(27)10-8-21/h6-10,14-15,19H,1,3,11-13,16-18H2,2,4-5H3. The Labute approximate surface area is 185 Å². The van der Waals surface area contributed by atoms with Gasteiger partial charge in [0.1, 0.15) is 5.82 Å². The van der Waals surface area contributed by atoms with Gasteiger partial charge in [0.05, 0.1) is 11.4 Å². The molecule has 1 aromatic heterocycles. The van der Waals surface area contributed by atoms with E-state index in [1.165, 1.54) is 12.1 Å². The van der Waals surface area contributed by atoms with Crippen molar-refractivity contribution in [3.05, 3.63) is 84.2 Å². The second-order valence-electron chi connectivity index (χ2n) is 9.56. The van der Waals surface area contributed by atoms with Gasteiger partial charge in [-0.3, -0.25) is 9.88 Å². The number of anilines is 1. The van der Waals surface area contributed by atoms with E-state index in [0.29, 0.717) is 6.04 Å². The molecule has 2 aromatic rings. The van der Waals surface area contributed by atoms with Crippen molar-refractivity contribution in [2.75, 3.05) is 37.6 Å². The smallest absolute Gasteiger partial charge is 0.123 e. The summed E-state index contributed by atoms with van der Waals surface area (Å²) in [4.78, 5) is 12.0. The fraction of sp³-hybridized carbons (Fsp3) is 0.423. The topological polar surface area (TPSA) is 22.6 Å². The van der Waals surface area contributed by atoms with Crippen LogP contribution in [-0.4, -0.2) is 53.5 Å². The molecule has 1 saturated heterocycles. The van der Waals surface area contributed by atoms with Gasteiger partial charge in [0.15, 0.2) is 0 Å². The van der Waals surface area contributed by atoms with Gasteiger partial charge in [-0.05, 0) is 48.9 Å². The highest BCUT2D eigenvalue weighted by molar-refractivity contribution is 5.64. The zero-order valence-electron chi connectivity index (χ0n) is 18.9. The van der Waals surface area contributed by atoms with E-state index in [-0.39, 0.29) is 11.2 Å². The summed E-state index contributed by atoms with van der Waals surface area (Å²) in [6.45, 7) is 19.9. The lowest BCUT2D eigenvalue weighted by Crippen LogP contribution is -2.50. The summed E-state index contributed by atoms with van der Waals surface area (Å²) in [7, 11) is 0. The van der Waals surface area contributed by atoms with Gasteiger partial charge in [-0.15, -0.1) is 0 Å². The molecule has 4 rings (SSSR count). The average molecular weight is 421 g/mol. The predicted octanol–water partition coefficient (Wildman–Crippen LogP) is 4.57. The van der Waals surface area contributed by atoms with Gasteiger partial charge in [0, 0.05) is 56.1 Å². The lowest BCUT2D eigenvalue weighted by atomic mass is 9.91. The Morgan fingerprint density at radius 1 is 1.23 bits per heavy atom. The van der Waals surface area contributed by atoms with Gasteiger partial charge in [0.2, 0.25) is 0 Å². The third kappa shape index (κ3) is 4.52. The number of hydrogen-bond acceptors (Lipinski definition) is 4. The average Bonchev–Trinajstić information content (AvgIpc) is 3.00. The zero-order chi connectivity index (χ0) is 22.2. The summed E-state index contributed by atoms with van der Waals surface area (Å²) < 4.78 is 13.2. The van der Waals surface area contributed by atoms with Crippen molar-refractivity contribution < 1.29 is 4.39 Å². The normalized spacial score (nSPS) is 20.6. The highest BCUT2D eigenvalue weighted by Gasteiger charge is 2.38. The van der Waals surface area contributed by atoms with E-state index in [4.69, 9.17) is 4.98 Å². The molecule has 0 saturated carbocycles. The van der Waals surface area contributed by atoms with E-state index in [2.05, 4.69) is 54.7 Å². The van der Waals surface area contributed by atoms with Gasteiger partial charge < -0.3 is 9.80 Å². The molecule has 0 aliphatic carbocycles. The van der Waals surface area contributed by atoms with E-state index < -0.39 is 0 Å². The summed E-state index contributed by atoms with van der Waals surface area (Å²) in [5.41, 5.74) is 5.59. The van der Waals surface area contributed by atoms with Gasteiger partial charge in [0.25, 0.3) is 0 Å².